The molecule has 1 N–H and O–H groups in total. The molecule has 6 heteroatoms. The highest BCUT2D eigenvalue weighted by Crippen LogP contribution is 2.33. The molecular formula is C14H18BrF3N2. The smallest absolute Gasteiger partial charge is 0.383 e. The lowest BCUT2D eigenvalue weighted by atomic mass is 9.96. The molecule has 1 aromatic rings. The first-order valence-corrected chi connectivity index (χ1v) is 7.53. The summed E-state index contributed by atoms with van der Waals surface area (Å²) in [6.45, 7) is 2.56. The highest BCUT2D eigenvalue weighted by molar-refractivity contribution is 9.10. The van der Waals surface area contributed by atoms with Gasteiger partial charge >= 0.3 is 6.18 Å². The first kappa shape index (κ1) is 15.6. The monoisotopic (exact) mass is 350 g/mol. The van der Waals surface area contributed by atoms with Crippen molar-refractivity contribution in [2.24, 2.45) is 5.92 Å². The Labute approximate surface area is 125 Å². The van der Waals surface area contributed by atoms with Crippen LogP contribution in [-0.4, -0.2) is 37.3 Å². The van der Waals surface area contributed by atoms with Crippen LogP contribution in [0.5, 0.6) is 0 Å². The molecule has 0 atom stereocenters. The van der Waals surface area contributed by atoms with Crippen molar-refractivity contribution in [3.8, 4) is 0 Å². The molecule has 0 radical (unpaired) electrons. The van der Waals surface area contributed by atoms with Crippen molar-refractivity contribution in [3.05, 3.63) is 28.7 Å². The van der Waals surface area contributed by atoms with Crippen LogP contribution in [0.4, 0.5) is 18.9 Å². The number of para-hydroxylation sites is 1. The molecule has 1 saturated heterocycles. The lowest BCUT2D eigenvalue weighted by molar-refractivity contribution is -0.184. The predicted molar refractivity (Wildman–Crippen MR) is 77.9 cm³/mol. The summed E-state index contributed by atoms with van der Waals surface area (Å²) in [5.74, 6) is -1.12. The number of hydrogen-bond donors (Lipinski definition) is 1. The summed E-state index contributed by atoms with van der Waals surface area (Å²) in [5.41, 5.74) is 1.01. The number of hydrogen-bond acceptors (Lipinski definition) is 2. The molecule has 0 spiro atoms. The maximum atomic E-state index is 12.6. The van der Waals surface area contributed by atoms with Crippen molar-refractivity contribution in [2.75, 3.05) is 31.5 Å². The minimum Gasteiger partial charge on any atom is -0.383 e. The zero-order valence-corrected chi connectivity index (χ0v) is 12.7. The second-order valence-electron chi connectivity index (χ2n) is 5.06. The van der Waals surface area contributed by atoms with E-state index in [4.69, 9.17) is 0 Å². The fourth-order valence-electron chi connectivity index (χ4n) is 2.44. The molecule has 1 fully saturated rings. The number of likely N-dealkylation sites (tertiary alicyclic amines) is 1. The summed E-state index contributed by atoms with van der Waals surface area (Å²) in [6.07, 6.45) is -3.59. The number of halogens is 4. The average molecular weight is 351 g/mol. The number of piperidine rings is 1. The number of nitrogens with one attached hydrogen (secondary N) is 1. The molecule has 2 nitrogen and oxygen atoms in total. The van der Waals surface area contributed by atoms with Crippen molar-refractivity contribution >= 4 is 21.6 Å². The molecule has 1 aromatic carbocycles. The number of rotatable bonds is 4. The minimum atomic E-state index is -4.03. The first-order valence-electron chi connectivity index (χ1n) is 6.74. The lowest BCUT2D eigenvalue weighted by Crippen LogP contribution is -2.40. The van der Waals surface area contributed by atoms with Crippen LogP contribution in [0.3, 0.4) is 0 Å². The van der Waals surface area contributed by atoms with Crippen molar-refractivity contribution in [1.82, 2.24) is 4.90 Å². The molecule has 0 bridgehead atoms. The molecule has 2 rings (SSSR count). The van der Waals surface area contributed by atoms with Gasteiger partial charge in [0, 0.05) is 23.2 Å². The maximum absolute atomic E-state index is 12.6. The number of alkyl halides is 3. The van der Waals surface area contributed by atoms with Crippen LogP contribution < -0.4 is 5.32 Å². The zero-order valence-electron chi connectivity index (χ0n) is 11.1. The predicted octanol–water partition coefficient (Wildman–Crippen LogP) is 4.14. The minimum absolute atomic E-state index is 0.221. The standard InChI is InChI=1S/C14H18BrF3N2/c15-12-3-1-2-4-13(12)19-7-10-20-8-5-11(6-9-20)14(16,17)18/h1-4,11,19H,5-10H2. The largest absolute Gasteiger partial charge is 0.391 e. The van der Waals surface area contributed by atoms with Gasteiger partial charge in [-0.15, -0.1) is 0 Å². The van der Waals surface area contributed by atoms with Crippen LogP contribution in [0, 0.1) is 5.92 Å². The average Bonchev–Trinajstić information content (AvgIpc) is 2.40. The van der Waals surface area contributed by atoms with E-state index in [1.807, 2.05) is 24.3 Å². The lowest BCUT2D eigenvalue weighted by Gasteiger charge is -2.32. The Balaban J connectivity index is 1.71. The van der Waals surface area contributed by atoms with E-state index in [-0.39, 0.29) is 12.8 Å². The topological polar surface area (TPSA) is 15.3 Å². The molecule has 112 valence electrons. The van der Waals surface area contributed by atoms with E-state index in [1.54, 1.807) is 0 Å². The maximum Gasteiger partial charge on any atom is 0.391 e. The zero-order chi connectivity index (χ0) is 14.6. The summed E-state index contributed by atoms with van der Waals surface area (Å²) < 4.78 is 38.6. The van der Waals surface area contributed by atoms with Crippen molar-refractivity contribution in [1.29, 1.82) is 0 Å². The summed E-state index contributed by atoms with van der Waals surface area (Å²) in [4.78, 5) is 2.09. The van der Waals surface area contributed by atoms with Crippen LogP contribution in [0.2, 0.25) is 0 Å². The van der Waals surface area contributed by atoms with Gasteiger partial charge in [-0.3, -0.25) is 0 Å². The molecule has 20 heavy (non-hydrogen) atoms. The van der Waals surface area contributed by atoms with Crippen molar-refractivity contribution < 1.29 is 13.2 Å². The molecule has 1 aliphatic rings. The van der Waals surface area contributed by atoms with Gasteiger partial charge in [-0.1, -0.05) is 12.1 Å². The normalized spacial score (nSPS) is 18.2. The van der Waals surface area contributed by atoms with Crippen molar-refractivity contribution in [2.45, 2.75) is 19.0 Å². The van der Waals surface area contributed by atoms with Gasteiger partial charge in [0.15, 0.2) is 0 Å². The van der Waals surface area contributed by atoms with Gasteiger partial charge in [0.05, 0.1) is 5.92 Å². The van der Waals surface area contributed by atoms with Gasteiger partial charge in [-0.05, 0) is 54.0 Å². The Bertz CT molecular complexity index is 429. The van der Waals surface area contributed by atoms with E-state index in [2.05, 4.69) is 26.1 Å². The highest BCUT2D eigenvalue weighted by Gasteiger charge is 2.40. The SMILES string of the molecule is FC(F)(F)C1CCN(CCNc2ccccc2Br)CC1. The Morgan fingerprint density at radius 3 is 2.45 bits per heavy atom. The van der Waals surface area contributed by atoms with Crippen LogP contribution in [0.15, 0.2) is 28.7 Å². The molecule has 0 aliphatic carbocycles. The van der Waals surface area contributed by atoms with E-state index in [9.17, 15) is 13.2 Å². The third-order valence-corrected chi connectivity index (χ3v) is 4.36. The van der Waals surface area contributed by atoms with Crippen molar-refractivity contribution in [3.63, 3.8) is 0 Å². The number of nitrogens with zero attached hydrogens (tertiary/aromatic N) is 1. The summed E-state index contributed by atoms with van der Waals surface area (Å²) >= 11 is 3.45. The summed E-state index contributed by atoms with van der Waals surface area (Å²) in [7, 11) is 0. The van der Waals surface area contributed by atoms with Gasteiger partial charge in [0.1, 0.15) is 0 Å². The molecule has 0 amide bonds. The molecule has 1 aliphatic heterocycles. The van der Waals surface area contributed by atoms with E-state index in [0.717, 1.165) is 23.2 Å². The Kier molecular flexibility index (Phi) is 5.32. The van der Waals surface area contributed by atoms with Crippen LogP contribution >= 0.6 is 15.9 Å². The van der Waals surface area contributed by atoms with E-state index in [0.29, 0.717) is 13.1 Å². The van der Waals surface area contributed by atoms with Gasteiger partial charge in [-0.25, -0.2) is 0 Å². The van der Waals surface area contributed by atoms with Crippen LogP contribution in [-0.2, 0) is 0 Å². The quantitative estimate of drug-likeness (QED) is 0.877. The van der Waals surface area contributed by atoms with E-state index in [1.165, 1.54) is 0 Å². The highest BCUT2D eigenvalue weighted by atomic mass is 79.9. The third kappa shape index (κ3) is 4.38. The number of anilines is 1. The third-order valence-electron chi connectivity index (χ3n) is 3.67. The van der Waals surface area contributed by atoms with Gasteiger partial charge < -0.3 is 10.2 Å². The van der Waals surface area contributed by atoms with E-state index >= 15 is 0 Å². The van der Waals surface area contributed by atoms with Crippen LogP contribution in [0.25, 0.3) is 0 Å². The first-order chi connectivity index (χ1) is 9.47. The fraction of sp³-hybridized carbons (Fsp3) is 0.571. The molecule has 0 saturated carbocycles. The van der Waals surface area contributed by atoms with Gasteiger partial charge in [0.2, 0.25) is 0 Å². The molecular weight excluding hydrogens is 333 g/mol. The molecule has 0 unspecified atom stereocenters. The van der Waals surface area contributed by atoms with Gasteiger partial charge in [-0.2, -0.15) is 13.2 Å². The molecule has 0 aromatic heterocycles. The van der Waals surface area contributed by atoms with E-state index < -0.39 is 12.1 Å². The Morgan fingerprint density at radius 1 is 1.20 bits per heavy atom. The second kappa shape index (κ2) is 6.80. The summed E-state index contributed by atoms with van der Waals surface area (Å²) in [6, 6.07) is 7.82. The fourth-order valence-corrected chi connectivity index (χ4v) is 2.86. The van der Waals surface area contributed by atoms with Gasteiger partial charge in [0.25, 0.3) is 0 Å². The number of benzene rings is 1. The summed E-state index contributed by atoms with van der Waals surface area (Å²) in [5, 5.41) is 3.29. The van der Waals surface area contributed by atoms with Crippen LogP contribution in [0.1, 0.15) is 12.8 Å². The molecule has 1 heterocycles. The Hall–Kier alpha value is -0.750. The Morgan fingerprint density at radius 2 is 1.85 bits per heavy atom. The second-order valence-corrected chi connectivity index (χ2v) is 5.92.